The van der Waals surface area contributed by atoms with E-state index in [4.69, 9.17) is 4.84 Å². The lowest BCUT2D eigenvalue weighted by molar-refractivity contribution is -0.136. The number of benzene rings is 1. The van der Waals surface area contributed by atoms with Crippen molar-refractivity contribution in [2.45, 2.75) is 19.1 Å². The van der Waals surface area contributed by atoms with E-state index in [1.807, 2.05) is 24.3 Å². The molecule has 0 spiro atoms. The molecule has 0 saturated carbocycles. The molecule has 0 fully saturated rings. The second kappa shape index (κ2) is 7.37. The molecule has 2 rings (SSSR count). The second-order valence-electron chi connectivity index (χ2n) is 4.31. The summed E-state index contributed by atoms with van der Waals surface area (Å²) in [5.74, 6) is -0.370. The van der Waals surface area contributed by atoms with Crippen LogP contribution in [0.4, 0.5) is 0 Å². The summed E-state index contributed by atoms with van der Waals surface area (Å²) in [4.78, 5) is 20.6. The molecule has 5 nitrogen and oxygen atoms in total. The van der Waals surface area contributed by atoms with Gasteiger partial charge in [0.1, 0.15) is 6.61 Å². The number of carbonyl (C=O) groups excluding carboxylic acids is 1. The number of nitrogens with zero attached hydrogens (tertiary/aromatic N) is 1. The lowest BCUT2D eigenvalue weighted by atomic mass is 10.1. The van der Waals surface area contributed by atoms with Gasteiger partial charge in [-0.3, -0.25) is 14.6 Å². The largest absolute Gasteiger partial charge is 0.388 e. The van der Waals surface area contributed by atoms with Gasteiger partial charge in [-0.2, -0.15) is 0 Å². The fraction of sp³-hybridized carbons (Fsp3) is 0.200. The monoisotopic (exact) mass is 272 g/mol. The SMILES string of the molecule is O=C(CC(O)c1ccccc1)NOCc1cccnc1. The first-order valence-corrected chi connectivity index (χ1v) is 6.28. The quantitative estimate of drug-likeness (QED) is 0.786. The van der Waals surface area contributed by atoms with Crippen LogP contribution in [-0.4, -0.2) is 16.0 Å². The Labute approximate surface area is 117 Å². The summed E-state index contributed by atoms with van der Waals surface area (Å²) in [5, 5.41) is 9.88. The zero-order valence-electron chi connectivity index (χ0n) is 10.9. The number of aliphatic hydroxyl groups excluding tert-OH is 1. The molecule has 0 aliphatic rings. The van der Waals surface area contributed by atoms with Gasteiger partial charge in [0.05, 0.1) is 12.5 Å². The van der Waals surface area contributed by atoms with Crippen molar-refractivity contribution >= 4 is 5.91 Å². The van der Waals surface area contributed by atoms with E-state index >= 15 is 0 Å². The molecule has 1 atom stereocenters. The lowest BCUT2D eigenvalue weighted by Crippen LogP contribution is -2.25. The van der Waals surface area contributed by atoms with Crippen molar-refractivity contribution in [3.8, 4) is 0 Å². The summed E-state index contributed by atoms with van der Waals surface area (Å²) in [6.45, 7) is 0.237. The molecule has 0 radical (unpaired) electrons. The Morgan fingerprint density at radius 3 is 2.75 bits per heavy atom. The van der Waals surface area contributed by atoms with Gasteiger partial charge in [-0.1, -0.05) is 36.4 Å². The molecular weight excluding hydrogens is 256 g/mol. The van der Waals surface area contributed by atoms with Crippen molar-refractivity contribution in [3.05, 3.63) is 66.0 Å². The minimum absolute atomic E-state index is 0.0446. The van der Waals surface area contributed by atoms with Crippen molar-refractivity contribution in [2.24, 2.45) is 0 Å². The van der Waals surface area contributed by atoms with Crippen LogP contribution in [0.15, 0.2) is 54.9 Å². The molecule has 0 saturated heterocycles. The van der Waals surface area contributed by atoms with E-state index < -0.39 is 6.10 Å². The molecule has 1 aromatic carbocycles. The highest BCUT2D eigenvalue weighted by Gasteiger charge is 2.12. The summed E-state index contributed by atoms with van der Waals surface area (Å²) >= 11 is 0. The van der Waals surface area contributed by atoms with E-state index in [1.54, 1.807) is 30.6 Å². The molecule has 20 heavy (non-hydrogen) atoms. The maximum absolute atomic E-state index is 11.6. The number of aromatic nitrogens is 1. The maximum atomic E-state index is 11.6. The minimum Gasteiger partial charge on any atom is -0.388 e. The number of carbonyl (C=O) groups is 1. The average molecular weight is 272 g/mol. The van der Waals surface area contributed by atoms with Gasteiger partial charge in [0, 0.05) is 12.4 Å². The Morgan fingerprint density at radius 1 is 1.25 bits per heavy atom. The van der Waals surface area contributed by atoms with Crippen molar-refractivity contribution in [2.75, 3.05) is 0 Å². The fourth-order valence-electron chi connectivity index (χ4n) is 1.69. The molecule has 2 aromatic rings. The van der Waals surface area contributed by atoms with Crippen molar-refractivity contribution in [3.63, 3.8) is 0 Å². The number of aliphatic hydroxyl groups is 1. The van der Waals surface area contributed by atoms with E-state index in [1.165, 1.54) is 0 Å². The number of pyridine rings is 1. The first-order valence-electron chi connectivity index (χ1n) is 6.28. The van der Waals surface area contributed by atoms with E-state index in [0.717, 1.165) is 5.56 Å². The molecule has 104 valence electrons. The number of rotatable bonds is 6. The Morgan fingerprint density at radius 2 is 2.05 bits per heavy atom. The highest BCUT2D eigenvalue weighted by Crippen LogP contribution is 2.15. The topological polar surface area (TPSA) is 71.5 Å². The van der Waals surface area contributed by atoms with Crippen LogP contribution in [0.5, 0.6) is 0 Å². The molecule has 0 bridgehead atoms. The predicted octanol–water partition coefficient (Wildman–Crippen LogP) is 1.75. The Bertz CT molecular complexity index is 531. The lowest BCUT2D eigenvalue weighted by Gasteiger charge is -2.11. The molecule has 1 amide bonds. The summed E-state index contributed by atoms with van der Waals surface area (Å²) in [6, 6.07) is 12.7. The van der Waals surface area contributed by atoms with Crippen LogP contribution in [0.1, 0.15) is 23.7 Å². The van der Waals surface area contributed by atoms with Gasteiger partial charge in [0.25, 0.3) is 0 Å². The Kier molecular flexibility index (Phi) is 5.23. The number of hydrogen-bond donors (Lipinski definition) is 2. The summed E-state index contributed by atoms with van der Waals surface area (Å²) in [7, 11) is 0. The van der Waals surface area contributed by atoms with Crippen LogP contribution < -0.4 is 5.48 Å². The molecule has 1 aromatic heterocycles. The van der Waals surface area contributed by atoms with Gasteiger partial charge in [-0.05, 0) is 17.2 Å². The van der Waals surface area contributed by atoms with Gasteiger partial charge in [0.2, 0.25) is 5.91 Å². The van der Waals surface area contributed by atoms with Gasteiger partial charge < -0.3 is 5.11 Å². The Balaban J connectivity index is 1.73. The van der Waals surface area contributed by atoms with Crippen LogP contribution in [0.3, 0.4) is 0 Å². The van der Waals surface area contributed by atoms with E-state index in [-0.39, 0.29) is 18.9 Å². The van der Waals surface area contributed by atoms with Crippen molar-refractivity contribution in [1.82, 2.24) is 10.5 Å². The fourth-order valence-corrected chi connectivity index (χ4v) is 1.69. The highest BCUT2D eigenvalue weighted by molar-refractivity contribution is 5.75. The number of hydroxylamine groups is 1. The maximum Gasteiger partial charge on any atom is 0.246 e. The number of amides is 1. The molecule has 5 heteroatoms. The third kappa shape index (κ3) is 4.46. The summed E-state index contributed by atoms with van der Waals surface area (Å²) < 4.78 is 0. The molecule has 1 heterocycles. The van der Waals surface area contributed by atoms with E-state index in [2.05, 4.69) is 10.5 Å². The van der Waals surface area contributed by atoms with Crippen molar-refractivity contribution < 1.29 is 14.7 Å². The second-order valence-corrected chi connectivity index (χ2v) is 4.31. The minimum atomic E-state index is -0.835. The smallest absolute Gasteiger partial charge is 0.246 e. The first-order chi connectivity index (χ1) is 9.75. The van der Waals surface area contributed by atoms with E-state index in [0.29, 0.717) is 5.56 Å². The van der Waals surface area contributed by atoms with Crippen molar-refractivity contribution in [1.29, 1.82) is 0 Å². The van der Waals surface area contributed by atoms with Gasteiger partial charge in [0.15, 0.2) is 0 Å². The first kappa shape index (κ1) is 14.2. The zero-order valence-corrected chi connectivity index (χ0v) is 10.9. The zero-order chi connectivity index (χ0) is 14.2. The molecule has 1 unspecified atom stereocenters. The standard InChI is InChI=1S/C15H16N2O3/c18-14(13-6-2-1-3-7-13)9-15(19)17-20-11-12-5-4-8-16-10-12/h1-8,10,14,18H,9,11H2,(H,17,19). The normalized spacial score (nSPS) is 11.8. The predicted molar refractivity (Wildman–Crippen MR) is 73.2 cm³/mol. The molecule has 0 aliphatic carbocycles. The van der Waals surface area contributed by atoms with Crippen LogP contribution in [-0.2, 0) is 16.2 Å². The molecule has 0 aliphatic heterocycles. The number of nitrogens with one attached hydrogen (secondary N) is 1. The highest BCUT2D eigenvalue weighted by atomic mass is 16.6. The van der Waals surface area contributed by atoms with Crippen LogP contribution in [0.2, 0.25) is 0 Å². The van der Waals surface area contributed by atoms with Crippen LogP contribution in [0.25, 0.3) is 0 Å². The third-order valence-corrected chi connectivity index (χ3v) is 2.71. The van der Waals surface area contributed by atoms with Crippen LogP contribution in [0, 0.1) is 0 Å². The molecule has 2 N–H and O–H groups in total. The van der Waals surface area contributed by atoms with Gasteiger partial charge in [-0.25, -0.2) is 5.48 Å². The van der Waals surface area contributed by atoms with E-state index in [9.17, 15) is 9.90 Å². The summed E-state index contributed by atoms with van der Waals surface area (Å²) in [5.41, 5.74) is 3.87. The average Bonchev–Trinajstić information content (AvgIpc) is 2.49. The van der Waals surface area contributed by atoms with Gasteiger partial charge in [-0.15, -0.1) is 0 Å². The Hall–Kier alpha value is -2.24. The van der Waals surface area contributed by atoms with Crippen LogP contribution >= 0.6 is 0 Å². The number of hydrogen-bond acceptors (Lipinski definition) is 4. The van der Waals surface area contributed by atoms with Gasteiger partial charge >= 0.3 is 0 Å². The molecular formula is C15H16N2O3. The summed E-state index contributed by atoms with van der Waals surface area (Å²) in [6.07, 6.45) is 2.44. The third-order valence-electron chi connectivity index (χ3n) is 2.71.